The lowest BCUT2D eigenvalue weighted by Gasteiger charge is -2.34. The molecule has 49 heavy (non-hydrogen) atoms. The van der Waals surface area contributed by atoms with Gasteiger partial charge in [-0.15, -0.1) is 0 Å². The van der Waals surface area contributed by atoms with Gasteiger partial charge in [0.15, 0.2) is 0 Å². The average Bonchev–Trinajstić information content (AvgIpc) is 3.43. The first-order chi connectivity index (χ1) is 23.8. The van der Waals surface area contributed by atoms with Gasteiger partial charge in [0.1, 0.15) is 0 Å². The molecular weight excluding hydrogens is 620 g/mol. The number of benzene rings is 6. The number of non-ortho nitro benzene ring substituents is 2. The van der Waals surface area contributed by atoms with Crippen molar-refractivity contribution in [2.45, 2.75) is 5.41 Å². The molecule has 0 atom stereocenters. The molecule has 10 nitrogen and oxygen atoms in total. The number of carbonyl (C=O) groups excluding carboxylic acids is 2. The van der Waals surface area contributed by atoms with Crippen LogP contribution in [0.4, 0.5) is 22.7 Å². The van der Waals surface area contributed by atoms with Gasteiger partial charge in [0.25, 0.3) is 23.2 Å². The predicted molar refractivity (Wildman–Crippen MR) is 186 cm³/mol. The van der Waals surface area contributed by atoms with Crippen LogP contribution >= 0.6 is 0 Å². The minimum Gasteiger partial charge on any atom is -0.322 e. The van der Waals surface area contributed by atoms with Gasteiger partial charge in [-0.3, -0.25) is 29.8 Å². The fourth-order valence-corrected chi connectivity index (χ4v) is 6.56. The summed E-state index contributed by atoms with van der Waals surface area (Å²) in [7, 11) is 0. The molecule has 0 aliphatic heterocycles. The van der Waals surface area contributed by atoms with Crippen LogP contribution in [0.25, 0.3) is 11.1 Å². The summed E-state index contributed by atoms with van der Waals surface area (Å²) in [6, 6.07) is 42.6. The molecule has 2 N–H and O–H groups in total. The first-order valence-corrected chi connectivity index (χ1v) is 15.3. The normalized spacial score (nSPS) is 12.3. The monoisotopic (exact) mass is 646 g/mol. The zero-order valence-electron chi connectivity index (χ0n) is 25.7. The molecule has 0 aromatic heterocycles. The molecule has 7 rings (SSSR count). The molecule has 0 unspecified atom stereocenters. The molecule has 0 heterocycles. The van der Waals surface area contributed by atoms with Crippen molar-refractivity contribution in [2.75, 3.05) is 10.6 Å². The van der Waals surface area contributed by atoms with Crippen molar-refractivity contribution in [2.24, 2.45) is 0 Å². The van der Waals surface area contributed by atoms with E-state index in [0.717, 1.165) is 33.4 Å². The Hall–Kier alpha value is -6.94. The third kappa shape index (κ3) is 5.47. The molecule has 0 bridgehead atoms. The lowest BCUT2D eigenvalue weighted by Crippen LogP contribution is -2.28. The highest BCUT2D eigenvalue weighted by Gasteiger charge is 2.45. The van der Waals surface area contributed by atoms with Crippen molar-refractivity contribution < 1.29 is 19.4 Å². The number of hydrogen-bond donors (Lipinski definition) is 2. The first kappa shape index (κ1) is 30.7. The van der Waals surface area contributed by atoms with Gasteiger partial charge in [-0.2, -0.15) is 0 Å². The van der Waals surface area contributed by atoms with Gasteiger partial charge in [0, 0.05) is 46.8 Å². The van der Waals surface area contributed by atoms with Crippen molar-refractivity contribution in [1.29, 1.82) is 0 Å². The Morgan fingerprint density at radius 1 is 0.490 bits per heavy atom. The van der Waals surface area contributed by atoms with Gasteiger partial charge in [-0.05, 0) is 69.8 Å². The molecule has 1 aliphatic carbocycles. The number of carbonyl (C=O) groups is 2. The van der Waals surface area contributed by atoms with Crippen molar-refractivity contribution >= 4 is 34.6 Å². The van der Waals surface area contributed by atoms with Gasteiger partial charge in [0.2, 0.25) is 0 Å². The Labute approximate surface area is 280 Å². The van der Waals surface area contributed by atoms with E-state index in [0.29, 0.717) is 11.4 Å². The Morgan fingerprint density at radius 3 is 1.27 bits per heavy atom. The van der Waals surface area contributed by atoms with E-state index in [-0.39, 0.29) is 22.5 Å². The summed E-state index contributed by atoms with van der Waals surface area (Å²) in [5.41, 5.74) is 6.48. The molecule has 0 fully saturated rings. The Kier molecular flexibility index (Phi) is 7.73. The van der Waals surface area contributed by atoms with Gasteiger partial charge >= 0.3 is 0 Å². The van der Waals surface area contributed by atoms with Gasteiger partial charge < -0.3 is 10.6 Å². The van der Waals surface area contributed by atoms with Crippen molar-refractivity contribution in [3.63, 3.8) is 0 Å². The van der Waals surface area contributed by atoms with Gasteiger partial charge in [0.05, 0.1) is 15.3 Å². The van der Waals surface area contributed by atoms with Crippen LogP contribution in [0.2, 0.25) is 0 Å². The van der Waals surface area contributed by atoms with Crippen LogP contribution in [-0.4, -0.2) is 21.7 Å². The summed E-state index contributed by atoms with van der Waals surface area (Å²) < 4.78 is 0. The molecule has 0 saturated carbocycles. The predicted octanol–water partition coefficient (Wildman–Crippen LogP) is 8.37. The third-order valence-electron chi connectivity index (χ3n) is 8.74. The SMILES string of the molecule is O=C(Nc1ccc(C2(c3ccc(NC(=O)c4cccc([N+](=O)[O-])c4)cc3)c3ccccc3-c3ccccc32)cc1)c1cccc([N+](=O)[O-])c1. The number of anilines is 2. The van der Waals surface area contributed by atoms with Crippen LogP contribution in [0.5, 0.6) is 0 Å². The number of nitro groups is 2. The number of hydrogen-bond acceptors (Lipinski definition) is 6. The molecule has 0 saturated heterocycles. The largest absolute Gasteiger partial charge is 0.322 e. The molecule has 6 aromatic rings. The van der Waals surface area contributed by atoms with Crippen LogP contribution in [0, 0.1) is 20.2 Å². The number of nitrogens with one attached hydrogen (secondary N) is 2. The van der Waals surface area contributed by atoms with E-state index in [1.807, 2.05) is 72.8 Å². The van der Waals surface area contributed by atoms with E-state index in [2.05, 4.69) is 34.9 Å². The van der Waals surface area contributed by atoms with E-state index in [9.17, 15) is 29.8 Å². The Morgan fingerprint density at radius 2 is 0.878 bits per heavy atom. The fraction of sp³-hybridized carbons (Fsp3) is 0.0256. The van der Waals surface area contributed by atoms with Crippen LogP contribution < -0.4 is 10.6 Å². The zero-order valence-corrected chi connectivity index (χ0v) is 25.7. The summed E-state index contributed by atoms with van der Waals surface area (Å²) in [5.74, 6) is -0.934. The summed E-state index contributed by atoms with van der Waals surface area (Å²) in [4.78, 5) is 47.3. The zero-order chi connectivity index (χ0) is 34.1. The molecule has 10 heteroatoms. The summed E-state index contributed by atoms with van der Waals surface area (Å²) in [6.45, 7) is 0. The number of fused-ring (bicyclic) bond motifs is 3. The highest BCUT2D eigenvalue weighted by atomic mass is 16.6. The first-order valence-electron chi connectivity index (χ1n) is 15.3. The maximum Gasteiger partial charge on any atom is 0.270 e. The molecule has 0 spiro atoms. The van der Waals surface area contributed by atoms with E-state index in [1.165, 1.54) is 48.5 Å². The fourth-order valence-electron chi connectivity index (χ4n) is 6.56. The highest BCUT2D eigenvalue weighted by molar-refractivity contribution is 6.05. The summed E-state index contributed by atoms with van der Waals surface area (Å²) in [5, 5.41) is 28.1. The molecule has 2 amide bonds. The van der Waals surface area contributed by atoms with E-state index in [1.54, 1.807) is 0 Å². The van der Waals surface area contributed by atoms with Crippen LogP contribution in [0.15, 0.2) is 146 Å². The number of nitrogens with zero attached hydrogens (tertiary/aromatic N) is 2. The quantitative estimate of drug-likeness (QED) is 0.125. The van der Waals surface area contributed by atoms with Crippen molar-refractivity contribution in [3.8, 4) is 11.1 Å². The van der Waals surface area contributed by atoms with Crippen LogP contribution in [0.1, 0.15) is 43.0 Å². The second-order valence-electron chi connectivity index (χ2n) is 11.5. The van der Waals surface area contributed by atoms with E-state index >= 15 is 0 Å². The molecular formula is C39H26N4O6. The maximum atomic E-state index is 13.0. The van der Waals surface area contributed by atoms with Crippen molar-refractivity contribution in [3.05, 3.63) is 199 Å². The summed E-state index contributed by atoms with van der Waals surface area (Å²) >= 11 is 0. The van der Waals surface area contributed by atoms with E-state index in [4.69, 9.17) is 0 Å². The Balaban J connectivity index is 1.26. The van der Waals surface area contributed by atoms with E-state index < -0.39 is 27.1 Å². The van der Waals surface area contributed by atoms with Crippen LogP contribution in [0.3, 0.4) is 0 Å². The molecule has 1 aliphatic rings. The maximum absolute atomic E-state index is 13.0. The number of nitro benzene ring substituents is 2. The van der Waals surface area contributed by atoms with Gasteiger partial charge in [-0.1, -0.05) is 84.9 Å². The topological polar surface area (TPSA) is 144 Å². The van der Waals surface area contributed by atoms with Crippen molar-refractivity contribution in [1.82, 2.24) is 0 Å². The second kappa shape index (κ2) is 12.3. The lowest BCUT2D eigenvalue weighted by atomic mass is 9.67. The summed E-state index contributed by atoms with van der Waals surface area (Å²) in [6.07, 6.45) is 0. The highest BCUT2D eigenvalue weighted by Crippen LogP contribution is 2.56. The standard InChI is InChI=1S/C39H26N4O6/c44-37(25-7-5-9-31(23-25)42(46)47)40-29-19-15-27(16-20-29)39(35-13-3-1-11-33(35)34-12-2-4-14-36(34)39)28-17-21-30(22-18-28)41-38(45)26-8-6-10-32(24-26)43(48)49/h1-24H,(H,40,44)(H,41,45). The molecule has 0 radical (unpaired) electrons. The second-order valence-corrected chi connectivity index (χ2v) is 11.5. The minimum absolute atomic E-state index is 0.168. The smallest absolute Gasteiger partial charge is 0.270 e. The third-order valence-corrected chi connectivity index (χ3v) is 8.74. The van der Waals surface area contributed by atoms with Crippen LogP contribution in [-0.2, 0) is 5.41 Å². The average molecular weight is 647 g/mol. The molecule has 6 aromatic carbocycles. The minimum atomic E-state index is -0.752. The lowest BCUT2D eigenvalue weighted by molar-refractivity contribution is -0.385. The van der Waals surface area contributed by atoms with Gasteiger partial charge in [-0.25, -0.2) is 0 Å². The molecule has 238 valence electrons. The Bertz CT molecular complexity index is 2120. The number of rotatable bonds is 8. The number of amides is 2.